The summed E-state index contributed by atoms with van der Waals surface area (Å²) in [6, 6.07) is 8.03. The van der Waals surface area contributed by atoms with Crippen LogP contribution in [0.2, 0.25) is 0 Å². The molecule has 0 fully saturated rings. The monoisotopic (exact) mass is 370 g/mol. The number of rotatable bonds is 4. The maximum Gasteiger partial charge on any atom is 0.373 e. The van der Waals surface area contributed by atoms with E-state index in [9.17, 15) is 14.4 Å². The fourth-order valence-electron chi connectivity index (χ4n) is 1.21. The maximum absolute atomic E-state index is 11.6. The van der Waals surface area contributed by atoms with Crippen molar-refractivity contribution >= 4 is 49.9 Å². The van der Waals surface area contributed by atoms with Crippen molar-refractivity contribution in [3.05, 3.63) is 47.5 Å². The van der Waals surface area contributed by atoms with Gasteiger partial charge in [0.05, 0.1) is 0 Å². The molecule has 0 bridgehead atoms. The summed E-state index contributed by atoms with van der Waals surface area (Å²) >= 11 is 4.21. The summed E-state index contributed by atoms with van der Waals surface area (Å²) < 4.78 is 0. The van der Waals surface area contributed by atoms with Gasteiger partial charge < -0.3 is 10.8 Å². The number of nitrogens with two attached hydrogens (primary N) is 1. The number of carboxylic acids is 1. The quantitative estimate of drug-likeness (QED) is 0.368. The molecule has 2 aromatic rings. The normalized spacial score (nSPS) is 10.9. The number of alkyl halides is 1. The van der Waals surface area contributed by atoms with Crippen molar-refractivity contribution in [1.82, 2.24) is 4.98 Å². The van der Waals surface area contributed by atoms with E-state index in [4.69, 9.17) is 10.8 Å². The highest BCUT2D eigenvalue weighted by molar-refractivity contribution is 9.10. The van der Waals surface area contributed by atoms with Crippen LogP contribution in [-0.4, -0.2) is 32.5 Å². The van der Waals surface area contributed by atoms with Crippen LogP contribution in [0.5, 0.6) is 0 Å². The minimum Gasteiger partial charge on any atom is -0.475 e. The van der Waals surface area contributed by atoms with E-state index in [1.165, 1.54) is 23.5 Å². The molecule has 110 valence electrons. The molecule has 2 rings (SSSR count). The van der Waals surface area contributed by atoms with Crippen molar-refractivity contribution in [3.63, 3.8) is 0 Å². The van der Waals surface area contributed by atoms with Gasteiger partial charge in [-0.15, -0.1) is 11.3 Å². The minimum atomic E-state index is -1.62. The van der Waals surface area contributed by atoms with Gasteiger partial charge in [-0.1, -0.05) is 46.3 Å². The Morgan fingerprint density at radius 2 is 1.86 bits per heavy atom. The number of carbonyl (C=O) groups excluding carboxylic acids is 2. The maximum atomic E-state index is 11.6. The van der Waals surface area contributed by atoms with Gasteiger partial charge in [0, 0.05) is 17.1 Å². The predicted molar refractivity (Wildman–Crippen MR) is 82.7 cm³/mol. The van der Waals surface area contributed by atoms with Gasteiger partial charge in [0.2, 0.25) is 0 Å². The third-order valence-electron chi connectivity index (χ3n) is 2.18. The van der Waals surface area contributed by atoms with Gasteiger partial charge in [0.15, 0.2) is 10.9 Å². The first kappa shape index (κ1) is 17.0. The average Bonchev–Trinajstić information content (AvgIpc) is 2.97. The Morgan fingerprint density at radius 3 is 2.24 bits per heavy atom. The highest BCUT2D eigenvalue weighted by Crippen LogP contribution is 2.11. The molecule has 0 saturated carbocycles. The van der Waals surface area contributed by atoms with Crippen molar-refractivity contribution in [3.8, 4) is 0 Å². The number of benzene rings is 1. The van der Waals surface area contributed by atoms with Crippen LogP contribution in [-0.2, 0) is 9.59 Å². The molecule has 0 aliphatic heterocycles. The average molecular weight is 371 g/mol. The van der Waals surface area contributed by atoms with E-state index in [0.717, 1.165) is 0 Å². The molecular formula is C13H11BrN2O4S. The Labute approximate surface area is 132 Å². The molecule has 0 aliphatic carbocycles. The molecule has 0 amide bonds. The number of Topliss-reactive ketones (excluding diaryl/α,β-unsaturated/α-hetero) is 2. The Morgan fingerprint density at radius 1 is 1.24 bits per heavy atom. The molecule has 1 atom stereocenters. The van der Waals surface area contributed by atoms with Gasteiger partial charge in [-0.3, -0.25) is 9.59 Å². The number of aliphatic carboxylic acids is 1. The molecule has 0 radical (unpaired) electrons. The topological polar surface area (TPSA) is 110 Å². The van der Waals surface area contributed by atoms with E-state index in [1.54, 1.807) is 24.4 Å². The molecule has 1 heterocycles. The number of halogens is 1. The number of hydrogen-bond donors (Lipinski definition) is 2. The predicted octanol–water partition coefficient (Wildman–Crippen LogP) is 2.01. The lowest BCUT2D eigenvalue weighted by molar-refractivity contribution is -0.148. The first-order chi connectivity index (χ1) is 9.93. The zero-order valence-electron chi connectivity index (χ0n) is 10.6. The summed E-state index contributed by atoms with van der Waals surface area (Å²) in [4.78, 5) is 35.3. The number of nitrogen functional groups attached to an aromatic ring is 1. The molecule has 0 aliphatic rings. The number of anilines is 1. The van der Waals surface area contributed by atoms with Crippen LogP contribution in [0.1, 0.15) is 10.4 Å². The molecule has 1 aromatic carbocycles. The van der Waals surface area contributed by atoms with E-state index in [0.29, 0.717) is 10.7 Å². The molecule has 3 N–H and O–H groups in total. The summed E-state index contributed by atoms with van der Waals surface area (Å²) in [6.07, 6.45) is 1.68. The van der Waals surface area contributed by atoms with Crippen molar-refractivity contribution in [2.75, 3.05) is 5.73 Å². The summed E-state index contributed by atoms with van der Waals surface area (Å²) in [6.45, 7) is 0. The van der Waals surface area contributed by atoms with E-state index < -0.39 is 22.4 Å². The Bertz CT molecular complexity index is 616. The minimum absolute atomic E-state index is 0.300. The SMILES string of the molecule is Nc1nccs1.O=C(O)C(=O)C(Br)C(=O)c1ccccc1. The van der Waals surface area contributed by atoms with Gasteiger partial charge in [-0.2, -0.15) is 0 Å². The van der Waals surface area contributed by atoms with Crippen LogP contribution in [0.25, 0.3) is 0 Å². The number of carbonyl (C=O) groups is 3. The molecule has 6 nitrogen and oxygen atoms in total. The van der Waals surface area contributed by atoms with Crippen LogP contribution < -0.4 is 5.73 Å². The number of nitrogens with zero attached hydrogens (tertiary/aromatic N) is 1. The van der Waals surface area contributed by atoms with E-state index >= 15 is 0 Å². The second-order valence-electron chi connectivity index (χ2n) is 3.63. The molecule has 21 heavy (non-hydrogen) atoms. The van der Waals surface area contributed by atoms with Gasteiger partial charge in [-0.05, 0) is 0 Å². The van der Waals surface area contributed by atoms with Gasteiger partial charge in [0.1, 0.15) is 4.83 Å². The van der Waals surface area contributed by atoms with Crippen LogP contribution >= 0.6 is 27.3 Å². The smallest absolute Gasteiger partial charge is 0.373 e. The molecule has 1 unspecified atom stereocenters. The third kappa shape index (κ3) is 5.44. The fourth-order valence-corrected chi connectivity index (χ4v) is 2.05. The van der Waals surface area contributed by atoms with E-state index in [2.05, 4.69) is 20.9 Å². The highest BCUT2D eigenvalue weighted by Gasteiger charge is 2.29. The van der Waals surface area contributed by atoms with Crippen molar-refractivity contribution in [1.29, 1.82) is 0 Å². The summed E-state index contributed by atoms with van der Waals surface area (Å²) in [5.74, 6) is -3.34. The first-order valence-corrected chi connectivity index (χ1v) is 7.38. The number of aromatic nitrogens is 1. The molecule has 0 saturated heterocycles. The van der Waals surface area contributed by atoms with E-state index in [-0.39, 0.29) is 0 Å². The lowest BCUT2D eigenvalue weighted by Crippen LogP contribution is -2.30. The fraction of sp³-hybridized carbons (Fsp3) is 0.0769. The lowest BCUT2D eigenvalue weighted by atomic mass is 10.1. The molecule has 1 aromatic heterocycles. The number of thiazole rings is 1. The van der Waals surface area contributed by atoms with Crippen molar-refractivity contribution in [2.45, 2.75) is 4.83 Å². The Balaban J connectivity index is 0.000000304. The van der Waals surface area contributed by atoms with Gasteiger partial charge >= 0.3 is 5.97 Å². The van der Waals surface area contributed by atoms with Crippen molar-refractivity contribution in [2.24, 2.45) is 0 Å². The van der Waals surface area contributed by atoms with Crippen LogP contribution in [0.15, 0.2) is 41.9 Å². The largest absolute Gasteiger partial charge is 0.475 e. The zero-order chi connectivity index (χ0) is 15.8. The standard InChI is InChI=1S/C10H7BrO4.C3H4N2S/c11-7(9(13)10(14)15)8(12)6-4-2-1-3-5-6;4-3-5-1-2-6-3/h1-5,7H,(H,14,15);1-2H,(H2,4,5). The number of hydrogen-bond acceptors (Lipinski definition) is 6. The number of ketones is 2. The molecule has 8 heteroatoms. The summed E-state index contributed by atoms with van der Waals surface area (Å²) in [5, 5.41) is 10.9. The second-order valence-corrected chi connectivity index (χ2v) is 5.47. The van der Waals surface area contributed by atoms with Crippen LogP contribution in [0.3, 0.4) is 0 Å². The third-order valence-corrected chi connectivity index (χ3v) is 3.62. The van der Waals surface area contributed by atoms with E-state index in [1.807, 2.05) is 5.38 Å². The van der Waals surface area contributed by atoms with Crippen molar-refractivity contribution < 1.29 is 19.5 Å². The van der Waals surface area contributed by atoms with Gasteiger partial charge in [0.25, 0.3) is 5.78 Å². The molecular weight excluding hydrogens is 360 g/mol. The molecule has 0 spiro atoms. The van der Waals surface area contributed by atoms with Gasteiger partial charge in [-0.25, -0.2) is 9.78 Å². The number of carboxylic acid groups (broad SMARTS) is 1. The first-order valence-electron chi connectivity index (χ1n) is 5.59. The summed E-state index contributed by atoms with van der Waals surface area (Å²) in [5.41, 5.74) is 5.49. The van der Waals surface area contributed by atoms with Crippen LogP contribution in [0.4, 0.5) is 5.13 Å². The lowest BCUT2D eigenvalue weighted by Gasteiger charge is -2.04. The Hall–Kier alpha value is -2.06. The summed E-state index contributed by atoms with van der Waals surface area (Å²) in [7, 11) is 0. The highest BCUT2D eigenvalue weighted by atomic mass is 79.9. The Kier molecular flexibility index (Phi) is 6.70. The van der Waals surface area contributed by atoms with Crippen LogP contribution in [0, 0.1) is 0 Å². The second kappa shape index (κ2) is 8.28. The zero-order valence-corrected chi connectivity index (χ0v) is 13.0.